The van der Waals surface area contributed by atoms with Gasteiger partial charge in [-0.2, -0.15) is 0 Å². The van der Waals surface area contributed by atoms with Crippen molar-refractivity contribution in [2.24, 2.45) is 5.73 Å². The van der Waals surface area contributed by atoms with Gasteiger partial charge in [-0.25, -0.2) is 0 Å². The molecule has 0 fully saturated rings. The van der Waals surface area contributed by atoms with Crippen molar-refractivity contribution in [1.82, 2.24) is 0 Å². The Kier molecular flexibility index (Phi) is 26.2. The van der Waals surface area contributed by atoms with E-state index in [1.165, 1.54) is 116 Å². The van der Waals surface area contributed by atoms with Crippen LogP contribution in [0.4, 0.5) is 0 Å². The molecule has 204 valence electrons. The Labute approximate surface area is 219 Å². The maximum absolute atomic E-state index is 11.6. The quantitative estimate of drug-likeness (QED) is 0.100. The number of rotatable bonds is 22. The van der Waals surface area contributed by atoms with Crippen molar-refractivity contribution in [2.75, 3.05) is 0 Å². The van der Waals surface area contributed by atoms with Crippen LogP contribution >= 0.6 is 0 Å². The second-order valence-corrected chi connectivity index (χ2v) is 10.3. The lowest BCUT2D eigenvalue weighted by Gasteiger charge is -2.04. The van der Waals surface area contributed by atoms with Crippen molar-refractivity contribution in [1.29, 1.82) is 0 Å². The van der Waals surface area contributed by atoms with E-state index in [-0.39, 0.29) is 5.97 Å². The van der Waals surface area contributed by atoms with E-state index in [9.17, 15) is 4.79 Å². The summed E-state index contributed by atoms with van der Waals surface area (Å²) in [5, 5.41) is 0. The Bertz CT molecular complexity index is 544. The number of nitrogens with two attached hydrogens (primary N) is 1. The Hall–Kier alpha value is -1.35. The Morgan fingerprint density at radius 1 is 0.657 bits per heavy atom. The van der Waals surface area contributed by atoms with Crippen molar-refractivity contribution in [3.63, 3.8) is 0 Å². The molecular weight excluding hydrogens is 430 g/mol. The molecule has 0 saturated carbocycles. The zero-order valence-corrected chi connectivity index (χ0v) is 23.7. The van der Waals surface area contributed by atoms with Gasteiger partial charge < -0.3 is 10.5 Å². The number of hydrogen-bond donors (Lipinski definition) is 1. The molecule has 2 N–H and O–H groups in total. The molecule has 3 nitrogen and oxygen atoms in total. The molecule has 0 aliphatic rings. The molecular formula is C32H59NO2. The van der Waals surface area contributed by atoms with Gasteiger partial charge in [-0.15, -0.1) is 0 Å². The van der Waals surface area contributed by atoms with Crippen LogP contribution in [0.25, 0.3) is 0 Å². The van der Waals surface area contributed by atoms with Crippen LogP contribution < -0.4 is 10.5 Å². The summed E-state index contributed by atoms with van der Waals surface area (Å²) in [5.41, 5.74) is 5.69. The number of hydrogen-bond acceptors (Lipinski definition) is 3. The van der Waals surface area contributed by atoms with Crippen LogP contribution in [-0.4, -0.2) is 12.0 Å². The summed E-state index contributed by atoms with van der Waals surface area (Å²) in [5.74, 6) is 0.537. The average Bonchev–Trinajstić information content (AvgIpc) is 2.85. The molecule has 0 bridgehead atoms. The van der Waals surface area contributed by atoms with Crippen LogP contribution in [0, 0.1) is 0 Å². The lowest BCUT2D eigenvalue weighted by Crippen LogP contribution is -2.13. The first-order valence-corrected chi connectivity index (χ1v) is 15.1. The SMILES string of the molecule is CCCCCCCCCCCC(C)N.CCCCCCCCCCCCC(=O)Oc1ccccc1. The number of unbranched alkanes of at least 4 members (excludes halogenated alkanes) is 17. The fourth-order valence-electron chi connectivity index (χ4n) is 4.20. The fourth-order valence-corrected chi connectivity index (χ4v) is 4.20. The number of ether oxygens (including phenoxy) is 1. The van der Waals surface area contributed by atoms with E-state index in [4.69, 9.17) is 10.5 Å². The van der Waals surface area contributed by atoms with Crippen molar-refractivity contribution in [2.45, 2.75) is 162 Å². The average molecular weight is 490 g/mol. The fraction of sp³-hybridized carbons (Fsp3) is 0.781. The molecule has 1 atom stereocenters. The largest absolute Gasteiger partial charge is 0.427 e. The highest BCUT2D eigenvalue weighted by Gasteiger charge is 2.04. The monoisotopic (exact) mass is 489 g/mol. The van der Waals surface area contributed by atoms with E-state index in [0.717, 1.165) is 12.8 Å². The zero-order chi connectivity index (χ0) is 25.8. The first kappa shape index (κ1) is 33.7. The van der Waals surface area contributed by atoms with Crippen LogP contribution in [0.3, 0.4) is 0 Å². The zero-order valence-electron chi connectivity index (χ0n) is 23.7. The smallest absolute Gasteiger partial charge is 0.311 e. The number of para-hydroxylation sites is 1. The highest BCUT2D eigenvalue weighted by atomic mass is 16.5. The van der Waals surface area contributed by atoms with E-state index in [2.05, 4.69) is 20.8 Å². The summed E-state index contributed by atoms with van der Waals surface area (Å²) in [6.07, 6.45) is 27.2. The molecule has 0 aliphatic carbocycles. The first-order valence-electron chi connectivity index (χ1n) is 15.1. The van der Waals surface area contributed by atoms with Crippen LogP contribution in [0.15, 0.2) is 30.3 Å². The lowest BCUT2D eigenvalue weighted by atomic mass is 10.1. The summed E-state index contributed by atoms with van der Waals surface area (Å²) in [4.78, 5) is 11.6. The van der Waals surface area contributed by atoms with Gasteiger partial charge in [-0.1, -0.05) is 148 Å². The minimum absolute atomic E-state index is 0.110. The maximum atomic E-state index is 11.6. The molecule has 0 heterocycles. The molecule has 1 unspecified atom stereocenters. The van der Waals surface area contributed by atoms with E-state index >= 15 is 0 Å². The molecule has 0 amide bonds. The number of carbonyl (C=O) groups excluding carboxylic acids is 1. The molecule has 3 heteroatoms. The van der Waals surface area contributed by atoms with Gasteiger partial charge in [0.1, 0.15) is 5.75 Å². The Morgan fingerprint density at radius 3 is 1.49 bits per heavy atom. The predicted molar refractivity (Wildman–Crippen MR) is 154 cm³/mol. The minimum Gasteiger partial charge on any atom is -0.427 e. The molecule has 0 radical (unpaired) electrons. The highest BCUT2D eigenvalue weighted by molar-refractivity contribution is 5.72. The Balaban J connectivity index is 0.000000720. The molecule has 0 aromatic heterocycles. The summed E-state index contributed by atoms with van der Waals surface area (Å²) in [6, 6.07) is 9.71. The highest BCUT2D eigenvalue weighted by Crippen LogP contribution is 2.14. The van der Waals surface area contributed by atoms with Crippen LogP contribution in [-0.2, 0) is 4.79 Å². The molecule has 0 spiro atoms. The Morgan fingerprint density at radius 2 is 1.06 bits per heavy atom. The molecule has 1 rings (SSSR count). The number of carbonyl (C=O) groups is 1. The van der Waals surface area contributed by atoms with Crippen molar-refractivity contribution >= 4 is 5.97 Å². The summed E-state index contributed by atoms with van der Waals surface area (Å²) >= 11 is 0. The third kappa shape index (κ3) is 27.1. The molecule has 1 aromatic carbocycles. The van der Waals surface area contributed by atoms with Gasteiger partial charge in [0.2, 0.25) is 0 Å². The summed E-state index contributed by atoms with van der Waals surface area (Å²) < 4.78 is 5.26. The van der Waals surface area contributed by atoms with Gasteiger partial charge >= 0.3 is 5.97 Å². The van der Waals surface area contributed by atoms with Crippen LogP contribution in [0.5, 0.6) is 5.75 Å². The third-order valence-electron chi connectivity index (χ3n) is 6.47. The van der Waals surface area contributed by atoms with Crippen LogP contribution in [0.2, 0.25) is 0 Å². The van der Waals surface area contributed by atoms with Crippen molar-refractivity contribution in [3.8, 4) is 5.75 Å². The lowest BCUT2D eigenvalue weighted by molar-refractivity contribution is -0.134. The van der Waals surface area contributed by atoms with Crippen molar-refractivity contribution in [3.05, 3.63) is 30.3 Å². The van der Waals surface area contributed by atoms with Crippen LogP contribution in [0.1, 0.15) is 156 Å². The van der Waals surface area contributed by atoms with Crippen molar-refractivity contribution < 1.29 is 9.53 Å². The second-order valence-electron chi connectivity index (χ2n) is 10.3. The minimum atomic E-state index is -0.110. The van der Waals surface area contributed by atoms with Gasteiger partial charge in [0.15, 0.2) is 0 Å². The van der Waals surface area contributed by atoms with Gasteiger partial charge in [-0.05, 0) is 31.9 Å². The van der Waals surface area contributed by atoms with E-state index in [1.54, 1.807) is 0 Å². The van der Waals surface area contributed by atoms with E-state index in [0.29, 0.717) is 18.2 Å². The topological polar surface area (TPSA) is 52.3 Å². The molecule has 1 aromatic rings. The number of benzene rings is 1. The first-order chi connectivity index (χ1) is 17.1. The third-order valence-corrected chi connectivity index (χ3v) is 6.47. The molecule has 0 saturated heterocycles. The standard InChI is InChI=1S/C19H30O2.C13H29N/c1-2-3-4-5-6-7-8-9-10-14-17-19(20)21-18-15-12-11-13-16-18;1-3-4-5-6-7-8-9-10-11-12-13(2)14/h11-13,15-16H,2-10,14,17H2,1H3;13H,3-12,14H2,1-2H3. The summed E-state index contributed by atoms with van der Waals surface area (Å²) in [7, 11) is 0. The van der Waals surface area contributed by atoms with E-state index in [1.807, 2.05) is 30.3 Å². The van der Waals surface area contributed by atoms with Gasteiger partial charge in [0.25, 0.3) is 0 Å². The second kappa shape index (κ2) is 27.2. The van der Waals surface area contributed by atoms with Gasteiger partial charge in [-0.3, -0.25) is 4.79 Å². The molecule has 35 heavy (non-hydrogen) atoms. The number of esters is 1. The van der Waals surface area contributed by atoms with Gasteiger partial charge in [0, 0.05) is 12.5 Å². The molecule has 0 aliphatic heterocycles. The van der Waals surface area contributed by atoms with E-state index < -0.39 is 0 Å². The maximum Gasteiger partial charge on any atom is 0.311 e. The normalized spacial score (nSPS) is 11.5. The predicted octanol–water partition coefficient (Wildman–Crippen LogP) is 10.2. The van der Waals surface area contributed by atoms with Gasteiger partial charge in [0.05, 0.1) is 0 Å². The summed E-state index contributed by atoms with van der Waals surface area (Å²) in [6.45, 7) is 6.63.